The van der Waals surface area contributed by atoms with Crippen LogP contribution in [0.4, 0.5) is 30.7 Å². The number of hydrogen-bond donors (Lipinski definition) is 0. The fourth-order valence-corrected chi connectivity index (χ4v) is 4.75. The van der Waals surface area contributed by atoms with Crippen molar-refractivity contribution in [2.75, 3.05) is 7.05 Å². The monoisotopic (exact) mass is 573 g/mol. The zero-order valence-electron chi connectivity index (χ0n) is 20.1. The number of nitriles is 1. The lowest BCUT2D eigenvalue weighted by atomic mass is 10.0. The van der Waals surface area contributed by atoms with Crippen LogP contribution in [0.3, 0.4) is 0 Å². The molecule has 2 heterocycles. The van der Waals surface area contributed by atoms with Gasteiger partial charge in [0.1, 0.15) is 11.4 Å². The molecule has 0 N–H and O–H groups in total. The molecule has 14 heteroatoms. The van der Waals surface area contributed by atoms with Crippen LogP contribution in [-0.4, -0.2) is 50.1 Å². The summed E-state index contributed by atoms with van der Waals surface area (Å²) in [7, 11) is 1.50. The molecule has 2 fully saturated rings. The molecule has 0 aliphatic heterocycles. The summed E-state index contributed by atoms with van der Waals surface area (Å²) in [6.45, 7) is 0. The first-order valence-corrected chi connectivity index (χ1v) is 12.1. The highest BCUT2D eigenvalue weighted by atomic mass is 35.5. The fraction of sp³-hybridized carbons (Fsp3) is 0.400. The van der Waals surface area contributed by atoms with Gasteiger partial charge in [-0.25, -0.2) is 9.07 Å². The number of carbonyl (C=O) groups is 1. The van der Waals surface area contributed by atoms with E-state index in [1.807, 2.05) is 0 Å². The van der Waals surface area contributed by atoms with Gasteiger partial charge < -0.3 is 9.47 Å². The topological polar surface area (TPSA) is 66.8 Å². The van der Waals surface area contributed by atoms with Gasteiger partial charge in [0.2, 0.25) is 0 Å². The summed E-state index contributed by atoms with van der Waals surface area (Å²) in [5.41, 5.74) is -7.13. The van der Waals surface area contributed by atoms with Crippen LogP contribution in [0.1, 0.15) is 47.8 Å². The second kappa shape index (κ2) is 8.74. The van der Waals surface area contributed by atoms with Crippen molar-refractivity contribution in [3.63, 3.8) is 0 Å². The van der Waals surface area contributed by atoms with Crippen molar-refractivity contribution in [3.05, 3.63) is 59.0 Å². The Balaban J connectivity index is 1.53. The summed E-state index contributed by atoms with van der Waals surface area (Å²) in [6.07, 6.45) is -8.23. The van der Waals surface area contributed by atoms with E-state index in [4.69, 9.17) is 11.6 Å². The van der Waals surface area contributed by atoms with Crippen LogP contribution in [0.15, 0.2) is 42.7 Å². The van der Waals surface area contributed by atoms with Crippen LogP contribution in [0.5, 0.6) is 0 Å². The number of amides is 1. The SMILES string of the molecule is CN(C(=O)c1cc(-c2cnn(-c3ccc(C(F)(C(F)(F)F)C(F)(F)F)n3C3CC3)c2)ccc1Cl)C1(C#N)CC1. The molecule has 0 radical (unpaired) electrons. The summed E-state index contributed by atoms with van der Waals surface area (Å²) >= 11 is 6.25. The van der Waals surface area contributed by atoms with E-state index in [0.717, 1.165) is 10.7 Å². The van der Waals surface area contributed by atoms with E-state index in [0.29, 0.717) is 34.6 Å². The molecule has 206 valence electrons. The molecule has 1 aromatic carbocycles. The minimum atomic E-state index is -6.24. The van der Waals surface area contributed by atoms with Gasteiger partial charge >= 0.3 is 18.0 Å². The minimum absolute atomic E-state index is 0.104. The van der Waals surface area contributed by atoms with Gasteiger partial charge in [-0.1, -0.05) is 17.7 Å². The maximum absolute atomic E-state index is 15.0. The molecular formula is C25H19ClF7N5O. The van der Waals surface area contributed by atoms with Gasteiger partial charge in [0, 0.05) is 24.8 Å². The first kappa shape index (κ1) is 27.1. The molecule has 2 aromatic heterocycles. The van der Waals surface area contributed by atoms with E-state index in [9.17, 15) is 40.8 Å². The summed E-state index contributed by atoms with van der Waals surface area (Å²) in [6, 6.07) is 7.27. The molecule has 5 rings (SSSR count). The van der Waals surface area contributed by atoms with Gasteiger partial charge in [-0.2, -0.15) is 36.7 Å². The fourth-order valence-electron chi connectivity index (χ4n) is 4.55. The Bertz CT molecular complexity index is 1480. The van der Waals surface area contributed by atoms with Gasteiger partial charge in [-0.3, -0.25) is 4.79 Å². The van der Waals surface area contributed by atoms with Crippen LogP contribution in [0.25, 0.3) is 16.9 Å². The predicted octanol–water partition coefficient (Wildman–Crippen LogP) is 6.75. The first-order chi connectivity index (χ1) is 18.1. The number of alkyl halides is 7. The molecule has 2 saturated carbocycles. The number of benzene rings is 1. The maximum Gasteiger partial charge on any atom is 0.437 e. The molecule has 0 bridgehead atoms. The third kappa shape index (κ3) is 4.25. The Hall–Kier alpha value is -3.53. The predicted molar refractivity (Wildman–Crippen MR) is 125 cm³/mol. The van der Waals surface area contributed by atoms with E-state index < -0.39 is 41.2 Å². The molecule has 39 heavy (non-hydrogen) atoms. The molecule has 1 amide bonds. The number of halogens is 8. The van der Waals surface area contributed by atoms with Crippen molar-refractivity contribution >= 4 is 17.5 Å². The molecule has 6 nitrogen and oxygen atoms in total. The number of aromatic nitrogens is 3. The summed E-state index contributed by atoms with van der Waals surface area (Å²) in [4.78, 5) is 14.4. The number of rotatable bonds is 6. The lowest BCUT2D eigenvalue weighted by Gasteiger charge is -2.31. The van der Waals surface area contributed by atoms with Crippen molar-refractivity contribution in [2.45, 2.75) is 55.3 Å². The lowest BCUT2D eigenvalue weighted by Crippen LogP contribution is -2.51. The van der Waals surface area contributed by atoms with Crippen molar-refractivity contribution in [2.24, 2.45) is 0 Å². The third-order valence-corrected chi connectivity index (χ3v) is 7.50. The molecule has 3 aromatic rings. The second-order valence-corrected chi connectivity index (χ2v) is 10.1. The molecule has 0 unspecified atom stereocenters. The van der Waals surface area contributed by atoms with Crippen molar-refractivity contribution in [3.8, 4) is 23.0 Å². The van der Waals surface area contributed by atoms with Gasteiger partial charge in [-0.15, -0.1) is 0 Å². The Morgan fingerprint density at radius 3 is 2.26 bits per heavy atom. The highest BCUT2D eigenvalue weighted by molar-refractivity contribution is 6.34. The second-order valence-electron chi connectivity index (χ2n) is 9.71. The van der Waals surface area contributed by atoms with Crippen LogP contribution in [0.2, 0.25) is 5.02 Å². The van der Waals surface area contributed by atoms with Gasteiger partial charge in [0.05, 0.1) is 28.5 Å². The molecule has 0 spiro atoms. The molecule has 0 saturated heterocycles. The quantitative estimate of drug-likeness (QED) is 0.307. The van der Waals surface area contributed by atoms with Gasteiger partial charge in [0.15, 0.2) is 0 Å². The largest absolute Gasteiger partial charge is 0.437 e. The smallest absolute Gasteiger partial charge is 0.323 e. The van der Waals surface area contributed by atoms with E-state index in [2.05, 4.69) is 11.2 Å². The Kier molecular flexibility index (Phi) is 6.06. The average molecular weight is 574 g/mol. The Labute approximate surface area is 222 Å². The van der Waals surface area contributed by atoms with E-state index in [1.165, 1.54) is 36.5 Å². The van der Waals surface area contributed by atoms with Crippen LogP contribution >= 0.6 is 11.6 Å². The Morgan fingerprint density at radius 2 is 1.72 bits per heavy atom. The Morgan fingerprint density at radius 1 is 1.08 bits per heavy atom. The zero-order valence-corrected chi connectivity index (χ0v) is 20.9. The van der Waals surface area contributed by atoms with Crippen LogP contribution in [-0.2, 0) is 5.67 Å². The van der Waals surface area contributed by atoms with Crippen LogP contribution in [0, 0.1) is 11.3 Å². The summed E-state index contributed by atoms with van der Waals surface area (Å²) in [5, 5.41) is 13.6. The number of hydrogen-bond acceptors (Lipinski definition) is 3. The molecule has 0 atom stereocenters. The summed E-state index contributed by atoms with van der Waals surface area (Å²) in [5.74, 6) is -0.664. The third-order valence-electron chi connectivity index (χ3n) is 7.17. The van der Waals surface area contributed by atoms with E-state index in [1.54, 1.807) is 6.07 Å². The maximum atomic E-state index is 15.0. The van der Waals surface area contributed by atoms with E-state index in [-0.39, 0.29) is 29.2 Å². The highest BCUT2D eigenvalue weighted by Gasteiger charge is 2.75. The van der Waals surface area contributed by atoms with Crippen molar-refractivity contribution in [1.29, 1.82) is 5.26 Å². The van der Waals surface area contributed by atoms with Crippen molar-refractivity contribution in [1.82, 2.24) is 19.2 Å². The van der Waals surface area contributed by atoms with Crippen molar-refractivity contribution < 1.29 is 35.5 Å². The minimum Gasteiger partial charge on any atom is -0.323 e. The molecular weight excluding hydrogens is 555 g/mol. The highest BCUT2D eigenvalue weighted by Crippen LogP contribution is 2.55. The van der Waals surface area contributed by atoms with Crippen LogP contribution < -0.4 is 0 Å². The number of nitrogens with zero attached hydrogens (tertiary/aromatic N) is 5. The average Bonchev–Trinajstić information content (AvgIpc) is 3.78. The normalized spacial score (nSPS) is 17.1. The van der Waals surface area contributed by atoms with Gasteiger partial charge in [-0.05, 0) is 55.5 Å². The molecule has 2 aliphatic rings. The number of carbonyl (C=O) groups excluding carboxylic acids is 1. The van der Waals surface area contributed by atoms with Gasteiger partial charge in [0.25, 0.3) is 5.91 Å². The first-order valence-electron chi connectivity index (χ1n) is 11.7. The zero-order chi connectivity index (χ0) is 28.5. The lowest BCUT2D eigenvalue weighted by molar-refractivity contribution is -0.350. The standard InChI is InChI=1S/C25H19ClF7N5O/c1-36(22(13-34)8-9-22)21(39)17-10-14(2-5-18(17)26)15-11-35-37(12-15)20-7-6-19(38(20)16-3-4-16)23(27,24(28,29)30)25(31,32)33/h2,5-7,10-12,16H,3-4,8-9H2,1H3. The van der Waals surface area contributed by atoms with E-state index >= 15 is 0 Å². The molecule has 2 aliphatic carbocycles. The summed E-state index contributed by atoms with van der Waals surface area (Å²) < 4.78 is 97.6.